The Hall–Kier alpha value is -0.300. The van der Waals surface area contributed by atoms with Gasteiger partial charge in [0.05, 0.1) is 0 Å². The number of hydrogen-bond donors (Lipinski definition) is 1. The van der Waals surface area contributed by atoms with Crippen LogP contribution in [0.4, 0.5) is 0 Å². The first-order chi connectivity index (χ1) is 6.84. The molecule has 2 rings (SSSR count). The Labute approximate surface area is 87.8 Å². The molecule has 0 aromatic rings. The molecule has 0 aromatic heterocycles. The molecule has 0 bridgehead atoms. The van der Waals surface area contributed by atoms with Gasteiger partial charge in [0.25, 0.3) is 0 Å². The van der Waals surface area contributed by atoms with E-state index in [1.54, 1.807) is 5.57 Å². The molecular weight excluding hydrogens is 170 g/mol. The first-order valence-corrected chi connectivity index (χ1v) is 6.28. The van der Waals surface area contributed by atoms with E-state index in [9.17, 15) is 0 Å². The van der Waals surface area contributed by atoms with E-state index >= 15 is 0 Å². The van der Waals surface area contributed by atoms with Crippen molar-refractivity contribution in [1.29, 1.82) is 0 Å². The first kappa shape index (κ1) is 10.2. The molecular formula is C13H23N. The van der Waals surface area contributed by atoms with Gasteiger partial charge >= 0.3 is 0 Å². The van der Waals surface area contributed by atoms with Gasteiger partial charge in [0.2, 0.25) is 0 Å². The van der Waals surface area contributed by atoms with E-state index in [0.29, 0.717) is 6.04 Å². The summed E-state index contributed by atoms with van der Waals surface area (Å²) >= 11 is 0. The van der Waals surface area contributed by atoms with Crippen LogP contribution in [0.25, 0.3) is 0 Å². The quantitative estimate of drug-likeness (QED) is 0.668. The first-order valence-electron chi connectivity index (χ1n) is 6.28. The zero-order valence-electron chi connectivity index (χ0n) is 9.17. The lowest BCUT2D eigenvalue weighted by molar-refractivity contribution is 0.350. The average molecular weight is 193 g/mol. The maximum atomic E-state index is 5.89. The molecule has 2 aliphatic rings. The molecule has 1 unspecified atom stereocenters. The molecule has 14 heavy (non-hydrogen) atoms. The smallest absolute Gasteiger partial charge is 0.00765 e. The van der Waals surface area contributed by atoms with Gasteiger partial charge in [-0.15, -0.1) is 0 Å². The summed E-state index contributed by atoms with van der Waals surface area (Å²) in [5.74, 6) is 1.00. The maximum absolute atomic E-state index is 5.89. The number of rotatable bonds is 2. The van der Waals surface area contributed by atoms with Crippen molar-refractivity contribution in [2.45, 2.75) is 63.8 Å². The third-order valence-electron chi connectivity index (χ3n) is 3.82. The summed E-state index contributed by atoms with van der Waals surface area (Å²) in [6.45, 7) is 0. The van der Waals surface area contributed by atoms with Gasteiger partial charge in [-0.2, -0.15) is 0 Å². The summed E-state index contributed by atoms with van der Waals surface area (Å²) in [6, 6.07) is 0.449. The predicted octanol–water partition coefficient (Wildman–Crippen LogP) is 3.39. The molecule has 0 aromatic carbocycles. The number of nitrogens with two attached hydrogens (primary N) is 1. The topological polar surface area (TPSA) is 26.0 Å². The van der Waals surface area contributed by atoms with E-state index in [1.807, 2.05) is 0 Å². The van der Waals surface area contributed by atoms with Crippen LogP contribution in [0.3, 0.4) is 0 Å². The fraction of sp³-hybridized carbons (Fsp3) is 0.846. The molecule has 80 valence electrons. The lowest BCUT2D eigenvalue weighted by Gasteiger charge is -2.25. The molecule has 2 N–H and O–H groups in total. The molecule has 1 fully saturated rings. The van der Waals surface area contributed by atoms with E-state index in [-0.39, 0.29) is 0 Å². The molecule has 0 heterocycles. The fourth-order valence-corrected chi connectivity index (χ4v) is 2.86. The van der Waals surface area contributed by atoms with Gasteiger partial charge in [-0.1, -0.05) is 43.8 Å². The second-order valence-electron chi connectivity index (χ2n) is 5.10. The second-order valence-corrected chi connectivity index (χ2v) is 5.10. The highest BCUT2D eigenvalue weighted by atomic mass is 14.6. The van der Waals surface area contributed by atoms with Crippen molar-refractivity contribution in [2.75, 3.05) is 0 Å². The van der Waals surface area contributed by atoms with Crippen molar-refractivity contribution in [3.05, 3.63) is 11.6 Å². The van der Waals surface area contributed by atoms with Gasteiger partial charge in [0, 0.05) is 6.04 Å². The van der Waals surface area contributed by atoms with Gasteiger partial charge in [0.1, 0.15) is 0 Å². The summed E-state index contributed by atoms with van der Waals surface area (Å²) in [6.07, 6.45) is 14.8. The van der Waals surface area contributed by atoms with Crippen LogP contribution in [-0.2, 0) is 0 Å². The van der Waals surface area contributed by atoms with Crippen LogP contribution in [0.15, 0.2) is 11.6 Å². The molecule has 2 aliphatic carbocycles. The van der Waals surface area contributed by atoms with Crippen molar-refractivity contribution in [3.8, 4) is 0 Å². The van der Waals surface area contributed by atoms with Gasteiger partial charge in [-0.3, -0.25) is 0 Å². The standard InChI is InChI=1S/C13H23N/c14-13-8-6-12(7-9-13)10-11-4-2-1-3-5-11/h6,11,13H,1-5,7-10,14H2. The zero-order chi connectivity index (χ0) is 9.80. The highest BCUT2D eigenvalue weighted by molar-refractivity contribution is 5.08. The molecule has 1 atom stereocenters. The van der Waals surface area contributed by atoms with Crippen LogP contribution in [0.1, 0.15) is 57.8 Å². The molecule has 0 spiro atoms. The summed E-state index contributed by atoms with van der Waals surface area (Å²) in [7, 11) is 0. The van der Waals surface area contributed by atoms with E-state index in [4.69, 9.17) is 5.73 Å². The van der Waals surface area contributed by atoms with Gasteiger partial charge in [-0.25, -0.2) is 0 Å². The number of hydrogen-bond acceptors (Lipinski definition) is 1. The van der Waals surface area contributed by atoms with Crippen LogP contribution in [0.2, 0.25) is 0 Å². The van der Waals surface area contributed by atoms with Crippen LogP contribution in [0, 0.1) is 5.92 Å². The zero-order valence-corrected chi connectivity index (χ0v) is 9.17. The monoisotopic (exact) mass is 193 g/mol. The van der Waals surface area contributed by atoms with Crippen LogP contribution in [-0.4, -0.2) is 6.04 Å². The molecule has 0 radical (unpaired) electrons. The third-order valence-corrected chi connectivity index (χ3v) is 3.82. The Kier molecular flexibility index (Phi) is 3.63. The predicted molar refractivity (Wildman–Crippen MR) is 61.1 cm³/mol. The maximum Gasteiger partial charge on any atom is 0.00765 e. The average Bonchev–Trinajstić information content (AvgIpc) is 2.23. The Morgan fingerprint density at radius 1 is 1.14 bits per heavy atom. The van der Waals surface area contributed by atoms with Gasteiger partial charge in [0.15, 0.2) is 0 Å². The Bertz CT molecular complexity index is 201. The molecule has 1 heteroatoms. The summed E-state index contributed by atoms with van der Waals surface area (Å²) < 4.78 is 0. The lowest BCUT2D eigenvalue weighted by Crippen LogP contribution is -2.22. The van der Waals surface area contributed by atoms with Crippen molar-refractivity contribution in [1.82, 2.24) is 0 Å². The van der Waals surface area contributed by atoms with Crippen LogP contribution >= 0.6 is 0 Å². The molecule has 0 aliphatic heterocycles. The summed E-state index contributed by atoms with van der Waals surface area (Å²) in [5, 5.41) is 0. The third kappa shape index (κ3) is 2.84. The van der Waals surface area contributed by atoms with Gasteiger partial charge < -0.3 is 5.73 Å². The van der Waals surface area contributed by atoms with E-state index in [0.717, 1.165) is 12.3 Å². The minimum absolute atomic E-state index is 0.449. The number of allylic oxidation sites excluding steroid dienone is 1. The Morgan fingerprint density at radius 3 is 2.57 bits per heavy atom. The van der Waals surface area contributed by atoms with E-state index < -0.39 is 0 Å². The lowest BCUT2D eigenvalue weighted by atomic mass is 9.82. The summed E-state index contributed by atoms with van der Waals surface area (Å²) in [4.78, 5) is 0. The highest BCUT2D eigenvalue weighted by Crippen LogP contribution is 2.31. The minimum atomic E-state index is 0.449. The molecule has 0 saturated heterocycles. The Morgan fingerprint density at radius 2 is 1.93 bits per heavy atom. The molecule has 1 saturated carbocycles. The molecule has 1 nitrogen and oxygen atoms in total. The van der Waals surface area contributed by atoms with Crippen molar-refractivity contribution >= 4 is 0 Å². The van der Waals surface area contributed by atoms with E-state index in [1.165, 1.54) is 51.4 Å². The largest absolute Gasteiger partial charge is 0.327 e. The highest BCUT2D eigenvalue weighted by Gasteiger charge is 2.17. The fourth-order valence-electron chi connectivity index (χ4n) is 2.86. The van der Waals surface area contributed by atoms with Crippen molar-refractivity contribution in [3.63, 3.8) is 0 Å². The Balaban J connectivity index is 1.78. The molecule has 0 amide bonds. The van der Waals surface area contributed by atoms with E-state index in [2.05, 4.69) is 6.08 Å². The van der Waals surface area contributed by atoms with Crippen LogP contribution in [0.5, 0.6) is 0 Å². The van der Waals surface area contributed by atoms with Crippen molar-refractivity contribution in [2.24, 2.45) is 11.7 Å². The van der Waals surface area contributed by atoms with Crippen molar-refractivity contribution < 1.29 is 0 Å². The minimum Gasteiger partial charge on any atom is -0.327 e. The normalized spacial score (nSPS) is 30.1. The summed E-state index contributed by atoms with van der Waals surface area (Å²) in [5.41, 5.74) is 7.59. The van der Waals surface area contributed by atoms with Gasteiger partial charge in [-0.05, 0) is 31.6 Å². The van der Waals surface area contributed by atoms with Crippen LogP contribution < -0.4 is 5.73 Å². The SMILES string of the molecule is NC1CC=C(CC2CCCCC2)CC1. The second kappa shape index (κ2) is 4.97.